The number of hydrogen-bond donors (Lipinski definition) is 0. The lowest BCUT2D eigenvalue weighted by Crippen LogP contribution is -2.22. The quantitative estimate of drug-likeness (QED) is 0.318. The van der Waals surface area contributed by atoms with Gasteiger partial charge in [-0.25, -0.2) is 4.98 Å². The molecule has 4 nitrogen and oxygen atoms in total. The standard InChI is InChI=1S/C19H22N2O2S2/c1-3-4-5-10-21-18(22)17-16(9-11-24-17)20-19(21)25-13-14-7-6-8-15(12-14)23-2/h6-9,11-12H,3-5,10,13H2,1-2H3. The number of thiophene rings is 1. The van der Waals surface area contributed by atoms with E-state index in [9.17, 15) is 4.79 Å². The van der Waals surface area contributed by atoms with Crippen LogP contribution in [0.15, 0.2) is 45.7 Å². The molecule has 6 heteroatoms. The Morgan fingerprint density at radius 3 is 2.96 bits per heavy atom. The number of hydrogen-bond acceptors (Lipinski definition) is 5. The first-order valence-electron chi connectivity index (χ1n) is 8.46. The largest absolute Gasteiger partial charge is 0.497 e. The van der Waals surface area contributed by atoms with Crippen LogP contribution < -0.4 is 10.3 Å². The van der Waals surface area contributed by atoms with Crippen LogP contribution in [-0.2, 0) is 12.3 Å². The molecular weight excluding hydrogens is 352 g/mol. The predicted octanol–water partition coefficient (Wildman–Crippen LogP) is 4.95. The zero-order valence-electron chi connectivity index (χ0n) is 14.5. The normalized spacial score (nSPS) is 11.1. The summed E-state index contributed by atoms with van der Waals surface area (Å²) >= 11 is 3.08. The Hall–Kier alpha value is -1.79. The summed E-state index contributed by atoms with van der Waals surface area (Å²) in [7, 11) is 1.67. The average Bonchev–Trinajstić information content (AvgIpc) is 3.11. The first-order chi connectivity index (χ1) is 12.2. The molecule has 0 saturated heterocycles. The van der Waals surface area contributed by atoms with Gasteiger partial charge >= 0.3 is 0 Å². The minimum Gasteiger partial charge on any atom is -0.497 e. The maximum Gasteiger partial charge on any atom is 0.272 e. The smallest absolute Gasteiger partial charge is 0.272 e. The lowest BCUT2D eigenvalue weighted by molar-refractivity contribution is 0.414. The Kier molecular flexibility index (Phi) is 6.15. The van der Waals surface area contributed by atoms with Crippen LogP contribution in [0.3, 0.4) is 0 Å². The number of unbranched alkanes of at least 4 members (excludes halogenated alkanes) is 2. The molecule has 0 radical (unpaired) electrons. The first-order valence-corrected chi connectivity index (χ1v) is 10.3. The third-order valence-electron chi connectivity index (χ3n) is 4.02. The van der Waals surface area contributed by atoms with Crippen molar-refractivity contribution in [3.8, 4) is 5.75 Å². The van der Waals surface area contributed by atoms with Gasteiger partial charge in [0.25, 0.3) is 5.56 Å². The van der Waals surface area contributed by atoms with Crippen molar-refractivity contribution in [1.29, 1.82) is 0 Å². The molecule has 0 spiro atoms. The van der Waals surface area contributed by atoms with E-state index in [0.717, 1.165) is 58.2 Å². The monoisotopic (exact) mass is 374 g/mol. The van der Waals surface area contributed by atoms with E-state index in [-0.39, 0.29) is 5.56 Å². The van der Waals surface area contributed by atoms with E-state index >= 15 is 0 Å². The lowest BCUT2D eigenvalue weighted by atomic mass is 10.2. The molecule has 0 aliphatic rings. The molecule has 0 fully saturated rings. The van der Waals surface area contributed by atoms with Gasteiger partial charge in [0, 0.05) is 12.3 Å². The fourth-order valence-electron chi connectivity index (χ4n) is 2.66. The van der Waals surface area contributed by atoms with E-state index in [4.69, 9.17) is 9.72 Å². The summed E-state index contributed by atoms with van der Waals surface area (Å²) in [6.45, 7) is 2.90. The zero-order valence-corrected chi connectivity index (χ0v) is 16.2. The second kappa shape index (κ2) is 8.54. The molecule has 3 rings (SSSR count). The van der Waals surface area contributed by atoms with Crippen LogP contribution in [0.25, 0.3) is 10.2 Å². The van der Waals surface area contributed by atoms with E-state index in [1.165, 1.54) is 11.3 Å². The molecule has 0 aliphatic carbocycles. The minimum atomic E-state index is 0.0873. The van der Waals surface area contributed by atoms with Gasteiger partial charge < -0.3 is 4.74 Å². The molecule has 0 amide bonds. The zero-order chi connectivity index (χ0) is 17.6. The molecule has 0 N–H and O–H groups in total. The minimum absolute atomic E-state index is 0.0873. The molecule has 25 heavy (non-hydrogen) atoms. The summed E-state index contributed by atoms with van der Waals surface area (Å²) in [5.74, 6) is 1.60. The number of benzene rings is 1. The lowest BCUT2D eigenvalue weighted by Gasteiger charge is -2.12. The highest BCUT2D eigenvalue weighted by atomic mass is 32.2. The molecule has 132 valence electrons. The number of fused-ring (bicyclic) bond motifs is 1. The van der Waals surface area contributed by atoms with E-state index in [2.05, 4.69) is 13.0 Å². The van der Waals surface area contributed by atoms with Crippen molar-refractivity contribution in [3.63, 3.8) is 0 Å². The summed E-state index contributed by atoms with van der Waals surface area (Å²) in [4.78, 5) is 17.6. The number of aromatic nitrogens is 2. The van der Waals surface area contributed by atoms with E-state index in [0.29, 0.717) is 0 Å². The highest BCUT2D eigenvalue weighted by Gasteiger charge is 2.12. The second-order valence-corrected chi connectivity index (χ2v) is 7.69. The Balaban J connectivity index is 1.87. The van der Waals surface area contributed by atoms with Gasteiger partial charge in [-0.3, -0.25) is 9.36 Å². The van der Waals surface area contributed by atoms with Gasteiger partial charge in [0.1, 0.15) is 10.4 Å². The third-order valence-corrected chi connectivity index (χ3v) is 5.96. The molecule has 0 bridgehead atoms. The highest BCUT2D eigenvalue weighted by molar-refractivity contribution is 7.98. The van der Waals surface area contributed by atoms with Crippen molar-refractivity contribution in [1.82, 2.24) is 9.55 Å². The fourth-order valence-corrected chi connectivity index (χ4v) is 4.41. The van der Waals surface area contributed by atoms with Gasteiger partial charge in [0.2, 0.25) is 0 Å². The van der Waals surface area contributed by atoms with Gasteiger partial charge in [0.05, 0.1) is 12.6 Å². The van der Waals surface area contributed by atoms with Crippen molar-refractivity contribution in [3.05, 3.63) is 51.6 Å². The Labute approximate surface area is 155 Å². The molecule has 2 aromatic heterocycles. The molecule has 0 unspecified atom stereocenters. The average molecular weight is 375 g/mol. The molecule has 1 aromatic carbocycles. The molecule has 0 aliphatic heterocycles. The molecule has 2 heterocycles. The first kappa shape index (κ1) is 18.0. The van der Waals surface area contributed by atoms with Gasteiger partial charge in [-0.1, -0.05) is 43.7 Å². The van der Waals surface area contributed by atoms with E-state index < -0.39 is 0 Å². The molecule has 0 atom stereocenters. The maximum atomic E-state index is 12.8. The number of ether oxygens (including phenoxy) is 1. The van der Waals surface area contributed by atoms with Crippen molar-refractivity contribution in [2.24, 2.45) is 0 Å². The number of nitrogens with zero attached hydrogens (tertiary/aromatic N) is 2. The van der Waals surface area contributed by atoms with E-state index in [1.807, 2.05) is 34.2 Å². The van der Waals surface area contributed by atoms with Crippen molar-refractivity contribution in [2.75, 3.05) is 7.11 Å². The van der Waals surface area contributed by atoms with Crippen LogP contribution in [0.5, 0.6) is 5.75 Å². The second-order valence-electron chi connectivity index (χ2n) is 5.83. The highest BCUT2D eigenvalue weighted by Crippen LogP contribution is 2.25. The van der Waals surface area contributed by atoms with Crippen LogP contribution in [-0.4, -0.2) is 16.7 Å². The van der Waals surface area contributed by atoms with Crippen molar-refractivity contribution < 1.29 is 4.74 Å². The van der Waals surface area contributed by atoms with Gasteiger partial charge in [-0.2, -0.15) is 0 Å². The topological polar surface area (TPSA) is 44.1 Å². The Morgan fingerprint density at radius 2 is 2.16 bits per heavy atom. The van der Waals surface area contributed by atoms with Crippen LogP contribution in [0.1, 0.15) is 31.7 Å². The van der Waals surface area contributed by atoms with Gasteiger partial charge in [-0.15, -0.1) is 11.3 Å². The van der Waals surface area contributed by atoms with Crippen LogP contribution in [0.2, 0.25) is 0 Å². The molecular formula is C19H22N2O2S2. The molecule has 3 aromatic rings. The number of methoxy groups -OCH3 is 1. The summed E-state index contributed by atoms with van der Waals surface area (Å²) in [5, 5.41) is 2.74. The van der Waals surface area contributed by atoms with Crippen LogP contribution in [0, 0.1) is 0 Å². The molecule has 0 saturated carbocycles. The van der Waals surface area contributed by atoms with Crippen molar-refractivity contribution in [2.45, 2.75) is 43.6 Å². The number of thioether (sulfide) groups is 1. The van der Waals surface area contributed by atoms with Crippen LogP contribution in [0.4, 0.5) is 0 Å². The summed E-state index contributed by atoms with van der Waals surface area (Å²) in [6, 6.07) is 9.93. The fraction of sp³-hybridized carbons (Fsp3) is 0.368. The summed E-state index contributed by atoms with van der Waals surface area (Å²) < 4.78 is 7.88. The Bertz CT molecular complexity index is 902. The van der Waals surface area contributed by atoms with Crippen LogP contribution >= 0.6 is 23.1 Å². The predicted molar refractivity (Wildman–Crippen MR) is 106 cm³/mol. The SMILES string of the molecule is CCCCCn1c(SCc2cccc(OC)c2)nc2ccsc2c1=O. The number of rotatable bonds is 8. The third kappa shape index (κ3) is 4.25. The van der Waals surface area contributed by atoms with Gasteiger partial charge in [-0.05, 0) is 35.6 Å². The van der Waals surface area contributed by atoms with E-state index in [1.54, 1.807) is 18.9 Å². The summed E-state index contributed by atoms with van der Waals surface area (Å²) in [5.41, 5.74) is 2.04. The van der Waals surface area contributed by atoms with Gasteiger partial charge in [0.15, 0.2) is 5.16 Å². The summed E-state index contributed by atoms with van der Waals surface area (Å²) in [6.07, 6.45) is 3.26. The van der Waals surface area contributed by atoms with Crippen molar-refractivity contribution >= 4 is 33.3 Å². The maximum absolute atomic E-state index is 12.8. The Morgan fingerprint density at radius 1 is 1.28 bits per heavy atom.